The van der Waals surface area contributed by atoms with Crippen LogP contribution in [0.4, 0.5) is 4.39 Å². The second-order valence-corrected chi connectivity index (χ2v) is 3.87. The van der Waals surface area contributed by atoms with Gasteiger partial charge in [0.05, 0.1) is 6.61 Å². The van der Waals surface area contributed by atoms with Gasteiger partial charge in [0.1, 0.15) is 12.4 Å². The molecular weight excluding hydrogens is 237 g/mol. The summed E-state index contributed by atoms with van der Waals surface area (Å²) in [5.41, 5.74) is 6.68. The van der Waals surface area contributed by atoms with E-state index in [0.29, 0.717) is 30.4 Å². The SMILES string of the molecule is Cc1cc(F)cc(-c2noc(COCCN)n2)c1. The van der Waals surface area contributed by atoms with Gasteiger partial charge in [0.25, 0.3) is 5.89 Å². The summed E-state index contributed by atoms with van der Waals surface area (Å²) < 4.78 is 23.4. The van der Waals surface area contributed by atoms with E-state index in [1.54, 1.807) is 13.0 Å². The van der Waals surface area contributed by atoms with Crippen LogP contribution in [-0.2, 0) is 11.3 Å². The van der Waals surface area contributed by atoms with E-state index in [1.807, 2.05) is 0 Å². The van der Waals surface area contributed by atoms with Crippen LogP contribution in [0.25, 0.3) is 11.4 Å². The van der Waals surface area contributed by atoms with Crippen molar-refractivity contribution in [3.63, 3.8) is 0 Å². The molecule has 2 rings (SSSR count). The van der Waals surface area contributed by atoms with Crippen LogP contribution in [0.3, 0.4) is 0 Å². The minimum Gasteiger partial charge on any atom is -0.370 e. The zero-order valence-electron chi connectivity index (χ0n) is 10.0. The smallest absolute Gasteiger partial charge is 0.252 e. The van der Waals surface area contributed by atoms with Crippen molar-refractivity contribution in [3.05, 3.63) is 35.5 Å². The lowest BCUT2D eigenvalue weighted by atomic mass is 10.1. The van der Waals surface area contributed by atoms with E-state index in [2.05, 4.69) is 10.1 Å². The summed E-state index contributed by atoms with van der Waals surface area (Å²) in [6.07, 6.45) is 0. The van der Waals surface area contributed by atoms with Crippen LogP contribution in [0.1, 0.15) is 11.5 Å². The van der Waals surface area contributed by atoms with Crippen LogP contribution in [0.15, 0.2) is 22.7 Å². The van der Waals surface area contributed by atoms with Crippen molar-refractivity contribution in [2.45, 2.75) is 13.5 Å². The Hall–Kier alpha value is -1.79. The summed E-state index contributed by atoms with van der Waals surface area (Å²) in [6, 6.07) is 4.59. The fourth-order valence-electron chi connectivity index (χ4n) is 1.54. The molecule has 0 aliphatic rings. The van der Waals surface area contributed by atoms with Gasteiger partial charge in [0, 0.05) is 12.1 Å². The number of hydrogen-bond donors (Lipinski definition) is 1. The highest BCUT2D eigenvalue weighted by molar-refractivity contribution is 5.55. The Morgan fingerprint density at radius 1 is 1.39 bits per heavy atom. The largest absolute Gasteiger partial charge is 0.370 e. The first kappa shape index (κ1) is 12.7. The molecule has 1 heterocycles. The normalized spacial score (nSPS) is 10.8. The maximum Gasteiger partial charge on any atom is 0.252 e. The predicted molar refractivity (Wildman–Crippen MR) is 63.1 cm³/mol. The molecule has 1 aromatic carbocycles. The number of aryl methyl sites for hydroxylation is 1. The molecule has 0 aliphatic carbocycles. The van der Waals surface area contributed by atoms with Crippen LogP contribution in [0.2, 0.25) is 0 Å². The highest BCUT2D eigenvalue weighted by Crippen LogP contribution is 2.19. The molecule has 1 aromatic heterocycles. The zero-order valence-corrected chi connectivity index (χ0v) is 10.0. The fourth-order valence-corrected chi connectivity index (χ4v) is 1.54. The molecule has 18 heavy (non-hydrogen) atoms. The third-order valence-corrected chi connectivity index (χ3v) is 2.26. The second kappa shape index (κ2) is 5.70. The van der Waals surface area contributed by atoms with Crippen LogP contribution in [-0.4, -0.2) is 23.3 Å². The van der Waals surface area contributed by atoms with Crippen LogP contribution in [0, 0.1) is 12.7 Å². The molecule has 2 aromatic rings. The highest BCUT2D eigenvalue weighted by atomic mass is 19.1. The van der Waals surface area contributed by atoms with Crippen molar-refractivity contribution in [3.8, 4) is 11.4 Å². The second-order valence-electron chi connectivity index (χ2n) is 3.87. The quantitative estimate of drug-likeness (QED) is 0.818. The number of hydrogen-bond acceptors (Lipinski definition) is 5. The molecule has 5 nitrogen and oxygen atoms in total. The lowest BCUT2D eigenvalue weighted by Crippen LogP contribution is -2.08. The van der Waals surface area contributed by atoms with Gasteiger partial charge in [0.15, 0.2) is 0 Å². The Balaban J connectivity index is 2.13. The van der Waals surface area contributed by atoms with E-state index in [0.717, 1.165) is 5.56 Å². The highest BCUT2D eigenvalue weighted by Gasteiger charge is 2.10. The number of ether oxygens (including phenoxy) is 1. The minimum absolute atomic E-state index is 0.207. The summed E-state index contributed by atoms with van der Waals surface area (Å²) in [5.74, 6) is 0.375. The third kappa shape index (κ3) is 3.12. The number of nitrogens with zero attached hydrogens (tertiary/aromatic N) is 2. The van der Waals surface area contributed by atoms with Gasteiger partial charge >= 0.3 is 0 Å². The summed E-state index contributed by atoms with van der Waals surface area (Å²) in [4.78, 5) is 4.12. The van der Waals surface area contributed by atoms with E-state index in [4.69, 9.17) is 15.0 Å². The number of nitrogens with two attached hydrogens (primary N) is 1. The van der Waals surface area contributed by atoms with Gasteiger partial charge in [-0.1, -0.05) is 5.16 Å². The zero-order chi connectivity index (χ0) is 13.0. The molecule has 0 bridgehead atoms. The molecule has 0 radical (unpaired) electrons. The molecule has 0 saturated carbocycles. The molecule has 0 aliphatic heterocycles. The topological polar surface area (TPSA) is 74.2 Å². The Kier molecular flexibility index (Phi) is 4.01. The fraction of sp³-hybridized carbons (Fsp3) is 0.333. The van der Waals surface area contributed by atoms with Gasteiger partial charge in [-0.2, -0.15) is 4.98 Å². The van der Waals surface area contributed by atoms with Crippen LogP contribution in [0.5, 0.6) is 0 Å². The maximum absolute atomic E-state index is 13.2. The molecule has 2 N–H and O–H groups in total. The Labute approximate surface area is 104 Å². The van der Waals surface area contributed by atoms with E-state index in [-0.39, 0.29) is 12.4 Å². The molecule has 6 heteroatoms. The first-order chi connectivity index (χ1) is 8.69. The van der Waals surface area contributed by atoms with Crippen molar-refractivity contribution in [1.82, 2.24) is 10.1 Å². The molecular formula is C12H14FN3O2. The molecule has 0 amide bonds. The van der Waals surface area contributed by atoms with Crippen molar-refractivity contribution in [1.29, 1.82) is 0 Å². The van der Waals surface area contributed by atoms with Gasteiger partial charge in [-0.05, 0) is 30.7 Å². The Bertz CT molecular complexity index is 508. The lowest BCUT2D eigenvalue weighted by molar-refractivity contribution is 0.104. The van der Waals surface area contributed by atoms with E-state index in [1.165, 1.54) is 12.1 Å². The third-order valence-electron chi connectivity index (χ3n) is 2.26. The van der Waals surface area contributed by atoms with Crippen LogP contribution >= 0.6 is 0 Å². The standard InChI is InChI=1S/C12H14FN3O2/c1-8-4-9(6-10(13)5-8)12-15-11(18-16-12)7-17-3-2-14/h4-6H,2-3,7,14H2,1H3. The Morgan fingerprint density at radius 3 is 2.94 bits per heavy atom. The molecule has 96 valence electrons. The van der Waals surface area contributed by atoms with Gasteiger partial charge < -0.3 is 15.0 Å². The number of halogens is 1. The van der Waals surface area contributed by atoms with E-state index in [9.17, 15) is 4.39 Å². The molecule has 0 unspecified atom stereocenters. The summed E-state index contributed by atoms with van der Waals surface area (Å²) in [7, 11) is 0. The van der Waals surface area contributed by atoms with E-state index < -0.39 is 0 Å². The first-order valence-electron chi connectivity index (χ1n) is 5.57. The number of aromatic nitrogens is 2. The molecule has 0 fully saturated rings. The lowest BCUT2D eigenvalue weighted by Gasteiger charge is -1.97. The van der Waals surface area contributed by atoms with Gasteiger partial charge in [-0.25, -0.2) is 4.39 Å². The van der Waals surface area contributed by atoms with Gasteiger partial charge in [0.2, 0.25) is 5.82 Å². The van der Waals surface area contributed by atoms with Gasteiger partial charge in [-0.3, -0.25) is 0 Å². The van der Waals surface area contributed by atoms with Crippen molar-refractivity contribution in [2.24, 2.45) is 5.73 Å². The Morgan fingerprint density at radius 2 is 2.22 bits per heavy atom. The summed E-state index contributed by atoms with van der Waals surface area (Å²) in [6.45, 7) is 2.87. The molecule has 0 spiro atoms. The number of rotatable bonds is 5. The number of benzene rings is 1. The summed E-state index contributed by atoms with van der Waals surface area (Å²) in [5, 5.41) is 3.78. The van der Waals surface area contributed by atoms with Crippen molar-refractivity contribution >= 4 is 0 Å². The summed E-state index contributed by atoms with van der Waals surface area (Å²) >= 11 is 0. The van der Waals surface area contributed by atoms with E-state index >= 15 is 0 Å². The monoisotopic (exact) mass is 251 g/mol. The first-order valence-corrected chi connectivity index (χ1v) is 5.57. The minimum atomic E-state index is -0.323. The molecule has 0 saturated heterocycles. The van der Waals surface area contributed by atoms with Crippen molar-refractivity contribution in [2.75, 3.05) is 13.2 Å². The van der Waals surface area contributed by atoms with Crippen molar-refractivity contribution < 1.29 is 13.7 Å². The molecule has 0 atom stereocenters. The van der Waals surface area contributed by atoms with Crippen LogP contribution < -0.4 is 5.73 Å². The average molecular weight is 251 g/mol. The van der Waals surface area contributed by atoms with Gasteiger partial charge in [-0.15, -0.1) is 0 Å². The average Bonchev–Trinajstić information content (AvgIpc) is 2.77. The maximum atomic E-state index is 13.2. The predicted octanol–water partition coefficient (Wildman–Crippen LogP) is 1.66.